The van der Waals surface area contributed by atoms with Crippen molar-refractivity contribution in [1.82, 2.24) is 14.8 Å². The van der Waals surface area contributed by atoms with E-state index < -0.39 is 17.5 Å². The van der Waals surface area contributed by atoms with Gasteiger partial charge in [-0.3, -0.25) is 9.36 Å². The average molecular weight is 497 g/mol. The molecule has 1 N–H and O–H groups in total. The summed E-state index contributed by atoms with van der Waals surface area (Å²) in [4.78, 5) is 12.4. The van der Waals surface area contributed by atoms with Gasteiger partial charge in [0.1, 0.15) is 18.1 Å². The van der Waals surface area contributed by atoms with E-state index >= 15 is 0 Å². The number of benzene rings is 3. The number of aromatic nitrogens is 3. The first-order valence-corrected chi connectivity index (χ1v) is 11.7. The Morgan fingerprint density at radius 1 is 0.943 bits per heavy atom. The lowest BCUT2D eigenvalue weighted by Crippen LogP contribution is -2.15. The Morgan fingerprint density at radius 2 is 1.69 bits per heavy atom. The zero-order valence-electron chi connectivity index (χ0n) is 18.8. The zero-order valence-corrected chi connectivity index (χ0v) is 19.6. The first kappa shape index (κ1) is 24.2. The van der Waals surface area contributed by atoms with Crippen LogP contribution in [-0.2, 0) is 11.4 Å². The molecule has 4 aromatic rings. The molecule has 7 nitrogen and oxygen atoms in total. The third-order valence-electron chi connectivity index (χ3n) is 4.75. The van der Waals surface area contributed by atoms with Crippen molar-refractivity contribution >= 4 is 23.4 Å². The van der Waals surface area contributed by atoms with Crippen molar-refractivity contribution in [2.75, 3.05) is 17.7 Å². The van der Waals surface area contributed by atoms with E-state index in [9.17, 15) is 13.6 Å². The Hall–Kier alpha value is -3.92. The maximum Gasteiger partial charge on any atom is 0.234 e. The molecule has 0 atom stereocenters. The average Bonchev–Trinajstić information content (AvgIpc) is 3.28. The number of thioether (sulfide) groups is 1. The first-order valence-electron chi connectivity index (χ1n) is 10.8. The number of rotatable bonds is 10. The Labute approximate surface area is 205 Å². The molecule has 0 radical (unpaired) electrons. The Kier molecular flexibility index (Phi) is 7.94. The highest BCUT2D eigenvalue weighted by Gasteiger charge is 2.17. The predicted octanol–water partition coefficient (Wildman–Crippen LogP) is 5.25. The number of anilines is 1. The van der Waals surface area contributed by atoms with Gasteiger partial charge in [-0.25, -0.2) is 8.78 Å². The van der Waals surface area contributed by atoms with Gasteiger partial charge >= 0.3 is 0 Å². The largest absolute Gasteiger partial charge is 0.494 e. The fraction of sp³-hybridized carbons (Fsp3) is 0.160. The molecule has 4 rings (SSSR count). The molecule has 0 saturated heterocycles. The minimum absolute atomic E-state index is 0.0201. The topological polar surface area (TPSA) is 78.3 Å². The van der Waals surface area contributed by atoms with Crippen LogP contribution in [0.25, 0.3) is 5.69 Å². The van der Waals surface area contributed by atoms with Crippen LogP contribution in [0.15, 0.2) is 78.0 Å². The molecule has 0 saturated carbocycles. The highest BCUT2D eigenvalue weighted by molar-refractivity contribution is 7.99. The minimum atomic E-state index is -1.03. The van der Waals surface area contributed by atoms with Gasteiger partial charge in [0, 0.05) is 17.4 Å². The molecule has 0 bridgehead atoms. The number of hydrogen-bond donors (Lipinski definition) is 1. The van der Waals surface area contributed by atoms with Gasteiger partial charge in [-0.2, -0.15) is 0 Å². The summed E-state index contributed by atoms with van der Waals surface area (Å²) < 4.78 is 39.7. The summed E-state index contributed by atoms with van der Waals surface area (Å²) in [5.74, 6) is -0.473. The van der Waals surface area contributed by atoms with Crippen molar-refractivity contribution in [3.8, 4) is 17.2 Å². The molecule has 0 aliphatic heterocycles. The number of ether oxygens (including phenoxy) is 2. The summed E-state index contributed by atoms with van der Waals surface area (Å²) in [5, 5.41) is 11.5. The first-order chi connectivity index (χ1) is 17.0. The monoisotopic (exact) mass is 496 g/mol. The van der Waals surface area contributed by atoms with Crippen LogP contribution in [-0.4, -0.2) is 33.0 Å². The van der Waals surface area contributed by atoms with Gasteiger partial charge in [-0.1, -0.05) is 30.0 Å². The van der Waals surface area contributed by atoms with Crippen LogP contribution < -0.4 is 14.8 Å². The zero-order chi connectivity index (χ0) is 24.6. The number of carbonyl (C=O) groups is 1. The number of carbonyl (C=O) groups excluding carboxylic acids is 1. The fourth-order valence-electron chi connectivity index (χ4n) is 3.17. The summed E-state index contributed by atoms with van der Waals surface area (Å²) in [7, 11) is 0. The third kappa shape index (κ3) is 6.36. The van der Waals surface area contributed by atoms with Gasteiger partial charge in [-0.15, -0.1) is 10.2 Å². The molecule has 10 heteroatoms. The quantitative estimate of drug-likeness (QED) is 0.302. The van der Waals surface area contributed by atoms with Crippen LogP contribution in [0.1, 0.15) is 12.7 Å². The lowest BCUT2D eigenvalue weighted by Gasteiger charge is -2.12. The molecule has 0 aliphatic carbocycles. The summed E-state index contributed by atoms with van der Waals surface area (Å²) in [6.45, 7) is 2.62. The normalized spacial score (nSPS) is 10.7. The molecule has 0 fully saturated rings. The van der Waals surface area contributed by atoms with Crippen molar-refractivity contribution in [3.63, 3.8) is 0 Å². The highest BCUT2D eigenvalue weighted by atomic mass is 32.2. The molecule has 35 heavy (non-hydrogen) atoms. The van der Waals surface area contributed by atoms with Gasteiger partial charge in [0.15, 0.2) is 22.6 Å². The summed E-state index contributed by atoms with van der Waals surface area (Å²) >= 11 is 1.16. The molecule has 3 aromatic carbocycles. The number of para-hydroxylation sites is 1. The van der Waals surface area contributed by atoms with E-state index in [4.69, 9.17) is 9.47 Å². The van der Waals surface area contributed by atoms with Gasteiger partial charge < -0.3 is 14.8 Å². The van der Waals surface area contributed by atoms with Crippen LogP contribution in [0, 0.1) is 11.6 Å². The second-order valence-corrected chi connectivity index (χ2v) is 8.17. The molecule has 1 heterocycles. The molecule has 0 aliphatic rings. The molecule has 0 unspecified atom stereocenters. The lowest BCUT2D eigenvalue weighted by molar-refractivity contribution is -0.113. The summed E-state index contributed by atoms with van der Waals surface area (Å²) in [5.41, 5.74) is 0.938. The number of amides is 1. The second-order valence-electron chi connectivity index (χ2n) is 7.23. The van der Waals surface area contributed by atoms with Crippen LogP contribution >= 0.6 is 11.8 Å². The van der Waals surface area contributed by atoms with E-state index in [2.05, 4.69) is 15.5 Å². The SMILES string of the molecule is CCOc1ccc(-n2c(COc3ccccc3)nnc2SCC(=O)Nc2ccc(F)c(F)c2)cc1. The van der Waals surface area contributed by atoms with Gasteiger partial charge in [-0.05, 0) is 55.5 Å². The molecular weight excluding hydrogens is 474 g/mol. The van der Waals surface area contributed by atoms with Gasteiger partial charge in [0.2, 0.25) is 5.91 Å². The minimum Gasteiger partial charge on any atom is -0.494 e. The van der Waals surface area contributed by atoms with Crippen LogP contribution in [0.4, 0.5) is 14.5 Å². The molecule has 1 aromatic heterocycles. The van der Waals surface area contributed by atoms with E-state index in [1.54, 1.807) is 4.57 Å². The Morgan fingerprint density at radius 3 is 2.40 bits per heavy atom. The van der Waals surface area contributed by atoms with E-state index in [-0.39, 0.29) is 18.0 Å². The van der Waals surface area contributed by atoms with Crippen molar-refractivity contribution in [3.05, 3.63) is 90.3 Å². The molecular formula is C25H22F2N4O3S. The van der Waals surface area contributed by atoms with Crippen molar-refractivity contribution in [1.29, 1.82) is 0 Å². The van der Waals surface area contributed by atoms with E-state index in [0.29, 0.717) is 23.3 Å². The number of hydrogen-bond acceptors (Lipinski definition) is 6. The maximum atomic E-state index is 13.4. The van der Waals surface area contributed by atoms with Crippen molar-refractivity contribution in [2.24, 2.45) is 0 Å². The Balaban J connectivity index is 1.51. The molecule has 1 amide bonds. The van der Waals surface area contributed by atoms with Gasteiger partial charge in [0.05, 0.1) is 12.4 Å². The number of halogens is 2. The smallest absolute Gasteiger partial charge is 0.234 e. The predicted molar refractivity (Wildman–Crippen MR) is 129 cm³/mol. The van der Waals surface area contributed by atoms with Crippen LogP contribution in [0.3, 0.4) is 0 Å². The van der Waals surface area contributed by atoms with E-state index in [0.717, 1.165) is 35.3 Å². The Bertz CT molecular complexity index is 1280. The second kappa shape index (κ2) is 11.5. The summed E-state index contributed by atoms with van der Waals surface area (Å²) in [6.07, 6.45) is 0. The number of nitrogens with one attached hydrogen (secondary N) is 1. The van der Waals surface area contributed by atoms with Crippen molar-refractivity contribution < 1.29 is 23.0 Å². The van der Waals surface area contributed by atoms with Crippen LogP contribution in [0.2, 0.25) is 0 Å². The van der Waals surface area contributed by atoms with Crippen LogP contribution in [0.5, 0.6) is 11.5 Å². The highest BCUT2D eigenvalue weighted by Crippen LogP contribution is 2.25. The third-order valence-corrected chi connectivity index (χ3v) is 5.68. The lowest BCUT2D eigenvalue weighted by atomic mass is 10.3. The van der Waals surface area contributed by atoms with Crippen molar-refractivity contribution in [2.45, 2.75) is 18.7 Å². The molecule has 180 valence electrons. The fourth-order valence-corrected chi connectivity index (χ4v) is 3.94. The van der Waals surface area contributed by atoms with Gasteiger partial charge in [0.25, 0.3) is 0 Å². The maximum absolute atomic E-state index is 13.4. The van der Waals surface area contributed by atoms with E-state index in [1.807, 2.05) is 61.5 Å². The number of nitrogens with zero attached hydrogens (tertiary/aromatic N) is 3. The summed E-state index contributed by atoms with van der Waals surface area (Å²) in [6, 6.07) is 19.9. The van der Waals surface area contributed by atoms with E-state index in [1.165, 1.54) is 6.07 Å². The molecule has 0 spiro atoms. The standard InChI is InChI=1S/C25H22F2N4O3S/c1-2-33-20-11-9-18(10-12-20)31-23(15-34-19-6-4-3-5-7-19)29-30-25(31)35-16-24(32)28-17-8-13-21(26)22(27)14-17/h3-14H,2,15-16H2,1H3,(H,28,32).